The van der Waals surface area contributed by atoms with Crippen molar-refractivity contribution < 1.29 is 18.0 Å². The minimum atomic E-state index is -4.58. The molecule has 1 aliphatic carbocycles. The first-order valence-electron chi connectivity index (χ1n) is 9.28. The average Bonchev–Trinajstić information content (AvgIpc) is 3.47. The average molecular weight is 496 g/mol. The molecule has 4 rings (SSSR count). The summed E-state index contributed by atoms with van der Waals surface area (Å²) in [5.41, 5.74) is 0.0493. The lowest BCUT2D eigenvalue weighted by molar-refractivity contribution is -0.142. The highest BCUT2D eigenvalue weighted by molar-refractivity contribution is 9.10. The number of para-hydroxylation sites is 1. The number of nitrogens with zero attached hydrogens (tertiary/aromatic N) is 2. The van der Waals surface area contributed by atoms with Gasteiger partial charge in [0.05, 0.1) is 15.9 Å². The summed E-state index contributed by atoms with van der Waals surface area (Å²) in [4.78, 5) is 14.5. The monoisotopic (exact) mass is 495 g/mol. The van der Waals surface area contributed by atoms with Crippen LogP contribution in [-0.4, -0.2) is 15.7 Å². The molecule has 9 heteroatoms. The molecule has 1 fully saturated rings. The highest BCUT2D eigenvalue weighted by atomic mass is 79.9. The molecular formula is C21H17BrF3N3OS. The molecule has 3 aromatic rings. The second-order valence-corrected chi connectivity index (χ2v) is 8.85. The van der Waals surface area contributed by atoms with Gasteiger partial charge in [-0.3, -0.25) is 9.48 Å². The lowest BCUT2D eigenvalue weighted by atomic mass is 10.2. The molecule has 156 valence electrons. The molecule has 1 aliphatic rings. The molecule has 0 radical (unpaired) electrons. The van der Waals surface area contributed by atoms with Gasteiger partial charge < -0.3 is 5.32 Å². The van der Waals surface area contributed by atoms with Crippen molar-refractivity contribution in [3.05, 3.63) is 70.5 Å². The molecule has 0 atom stereocenters. The lowest BCUT2D eigenvalue weighted by Gasteiger charge is -2.12. The van der Waals surface area contributed by atoms with Crippen molar-refractivity contribution in [2.75, 3.05) is 5.32 Å². The number of hydrogen-bond donors (Lipinski definition) is 1. The molecule has 4 nitrogen and oxygen atoms in total. The van der Waals surface area contributed by atoms with E-state index in [1.807, 2.05) is 42.5 Å². The second kappa shape index (κ2) is 8.47. The number of amides is 1. The van der Waals surface area contributed by atoms with Gasteiger partial charge in [-0.2, -0.15) is 18.3 Å². The normalized spacial score (nSPS) is 14.0. The van der Waals surface area contributed by atoms with Crippen LogP contribution >= 0.6 is 27.7 Å². The number of nitrogens with one attached hydrogen (secondary N) is 1. The summed E-state index contributed by atoms with van der Waals surface area (Å²) >= 11 is 4.54. The molecule has 0 unspecified atom stereocenters. The van der Waals surface area contributed by atoms with Crippen molar-refractivity contribution >= 4 is 39.3 Å². The summed E-state index contributed by atoms with van der Waals surface area (Å²) in [6, 6.07) is 17.0. The molecule has 0 bridgehead atoms. The third kappa shape index (κ3) is 4.73. The number of anilines is 1. The first-order valence-corrected chi connectivity index (χ1v) is 10.9. The third-order valence-electron chi connectivity index (χ3n) is 4.59. The van der Waals surface area contributed by atoms with Crippen molar-refractivity contribution in [2.45, 2.75) is 41.3 Å². The maximum absolute atomic E-state index is 13.3. The zero-order valence-electron chi connectivity index (χ0n) is 15.6. The summed E-state index contributed by atoms with van der Waals surface area (Å²) in [6.45, 7) is -0.287. The smallest absolute Gasteiger partial charge is 0.323 e. The molecule has 1 N–H and O–H groups in total. The quantitative estimate of drug-likeness (QED) is 0.434. The highest BCUT2D eigenvalue weighted by Gasteiger charge is 2.41. The molecular weight excluding hydrogens is 479 g/mol. The van der Waals surface area contributed by atoms with E-state index in [9.17, 15) is 18.0 Å². The van der Waals surface area contributed by atoms with E-state index in [1.54, 1.807) is 12.1 Å². The molecule has 1 aromatic heterocycles. The minimum absolute atomic E-state index is 0.00306. The Labute approximate surface area is 184 Å². The van der Waals surface area contributed by atoms with Gasteiger partial charge in [0.25, 0.3) is 0 Å². The molecule has 30 heavy (non-hydrogen) atoms. The molecule has 0 aliphatic heterocycles. The number of aromatic nitrogens is 2. The van der Waals surface area contributed by atoms with Gasteiger partial charge in [0.2, 0.25) is 5.91 Å². The summed E-state index contributed by atoms with van der Waals surface area (Å²) in [5.74, 6) is -0.432. The van der Waals surface area contributed by atoms with Crippen molar-refractivity contribution in [1.82, 2.24) is 9.78 Å². The van der Waals surface area contributed by atoms with Crippen molar-refractivity contribution in [3.8, 4) is 0 Å². The van der Waals surface area contributed by atoms with Crippen LogP contribution in [-0.2, 0) is 17.5 Å². The molecule has 1 heterocycles. The van der Waals surface area contributed by atoms with Crippen molar-refractivity contribution in [3.63, 3.8) is 0 Å². The molecule has 1 saturated carbocycles. The van der Waals surface area contributed by atoms with E-state index in [0.717, 1.165) is 22.6 Å². The van der Waals surface area contributed by atoms with Crippen molar-refractivity contribution in [1.29, 1.82) is 0 Å². The third-order valence-corrected chi connectivity index (χ3v) is 6.46. The Hall–Kier alpha value is -2.26. The predicted octanol–water partition coefficient (Wildman–Crippen LogP) is 6.33. The van der Waals surface area contributed by atoms with Crippen LogP contribution in [0.5, 0.6) is 0 Å². The van der Waals surface area contributed by atoms with E-state index in [0.29, 0.717) is 11.4 Å². The number of carbonyl (C=O) groups excluding carboxylic acids is 1. The largest absolute Gasteiger partial charge is 0.436 e. The van der Waals surface area contributed by atoms with Crippen molar-refractivity contribution in [2.24, 2.45) is 0 Å². The standard InChI is InChI=1S/C21H17BrF3N3OS/c22-18-19(13-10-11-13)28(27-20(18)21(23,24)25)12-17(29)26-15-8-4-5-9-16(15)30-14-6-2-1-3-7-14/h1-9,13H,10-12H2,(H,26,29). The Morgan fingerprint density at radius 3 is 2.47 bits per heavy atom. The van der Waals surface area contributed by atoms with Gasteiger partial charge in [-0.25, -0.2) is 0 Å². The van der Waals surface area contributed by atoms with E-state index >= 15 is 0 Å². The van der Waals surface area contributed by atoms with Gasteiger partial charge >= 0.3 is 6.18 Å². The van der Waals surface area contributed by atoms with Gasteiger partial charge in [-0.05, 0) is 53.0 Å². The van der Waals surface area contributed by atoms with Crippen LogP contribution in [0, 0.1) is 0 Å². The highest BCUT2D eigenvalue weighted by Crippen LogP contribution is 2.47. The Balaban J connectivity index is 1.54. The minimum Gasteiger partial charge on any atom is -0.323 e. The molecule has 1 amide bonds. The topological polar surface area (TPSA) is 46.9 Å². The van der Waals surface area contributed by atoms with Crippen LogP contribution < -0.4 is 5.32 Å². The van der Waals surface area contributed by atoms with E-state index in [4.69, 9.17) is 0 Å². The fourth-order valence-corrected chi connectivity index (χ4v) is 4.86. The molecule has 0 spiro atoms. The van der Waals surface area contributed by atoms with E-state index < -0.39 is 17.8 Å². The zero-order valence-corrected chi connectivity index (χ0v) is 18.0. The van der Waals surface area contributed by atoms with E-state index in [1.165, 1.54) is 16.4 Å². The number of rotatable bonds is 6. The number of hydrogen-bond acceptors (Lipinski definition) is 3. The van der Waals surface area contributed by atoms with Crippen LogP contribution in [0.4, 0.5) is 18.9 Å². The Morgan fingerprint density at radius 1 is 1.13 bits per heavy atom. The fourth-order valence-electron chi connectivity index (χ4n) is 3.10. The van der Waals surface area contributed by atoms with Crippen LogP contribution in [0.15, 0.2) is 68.9 Å². The van der Waals surface area contributed by atoms with Gasteiger partial charge in [-0.1, -0.05) is 42.1 Å². The predicted molar refractivity (Wildman–Crippen MR) is 113 cm³/mol. The Bertz CT molecular complexity index is 1070. The first kappa shape index (κ1) is 21.0. The maximum atomic E-state index is 13.3. The van der Waals surface area contributed by atoms with Crippen LogP contribution in [0.3, 0.4) is 0 Å². The molecule has 0 saturated heterocycles. The number of alkyl halides is 3. The van der Waals surface area contributed by atoms with E-state index in [-0.39, 0.29) is 16.9 Å². The molecule has 2 aromatic carbocycles. The first-order chi connectivity index (χ1) is 14.3. The zero-order chi connectivity index (χ0) is 21.3. The van der Waals surface area contributed by atoms with E-state index in [2.05, 4.69) is 26.3 Å². The van der Waals surface area contributed by atoms with Crippen LogP contribution in [0.25, 0.3) is 0 Å². The SMILES string of the molecule is O=C(Cn1nc(C(F)(F)F)c(Br)c1C1CC1)Nc1ccccc1Sc1ccccc1. The number of halogens is 4. The summed E-state index contributed by atoms with van der Waals surface area (Å²) in [6.07, 6.45) is -3.00. The second-order valence-electron chi connectivity index (χ2n) is 6.94. The number of carbonyl (C=O) groups is 1. The Kier molecular flexibility index (Phi) is 5.92. The van der Waals surface area contributed by atoms with Gasteiger partial charge in [-0.15, -0.1) is 0 Å². The van der Waals surface area contributed by atoms with Crippen LogP contribution in [0.1, 0.15) is 30.1 Å². The Morgan fingerprint density at radius 2 is 1.80 bits per heavy atom. The van der Waals surface area contributed by atoms with Gasteiger partial charge in [0.1, 0.15) is 6.54 Å². The van der Waals surface area contributed by atoms with Gasteiger partial charge in [0.15, 0.2) is 5.69 Å². The summed E-state index contributed by atoms with van der Waals surface area (Å²) < 4.78 is 40.9. The lowest BCUT2D eigenvalue weighted by Crippen LogP contribution is -2.21. The maximum Gasteiger partial charge on any atom is 0.436 e. The summed E-state index contributed by atoms with van der Waals surface area (Å²) in [5, 5.41) is 6.51. The fraction of sp³-hybridized carbons (Fsp3) is 0.238. The number of benzene rings is 2. The van der Waals surface area contributed by atoms with Crippen LogP contribution in [0.2, 0.25) is 0 Å². The summed E-state index contributed by atoms with van der Waals surface area (Å²) in [7, 11) is 0. The van der Waals surface area contributed by atoms with Gasteiger partial charge in [0, 0.05) is 15.7 Å².